The maximum absolute atomic E-state index is 6.02. The highest BCUT2D eigenvalue weighted by Gasteiger charge is 2.31. The minimum absolute atomic E-state index is 0.288. The molecule has 0 radical (unpaired) electrons. The maximum atomic E-state index is 6.02. The van der Waals surface area contributed by atoms with Crippen LogP contribution < -0.4 is 5.73 Å². The predicted molar refractivity (Wildman–Crippen MR) is 122 cm³/mol. The highest BCUT2D eigenvalue weighted by atomic mass is 15.2. The first-order chi connectivity index (χ1) is 13.9. The molecule has 1 aromatic carbocycles. The van der Waals surface area contributed by atoms with E-state index in [1.165, 1.54) is 56.5 Å². The van der Waals surface area contributed by atoms with E-state index >= 15 is 0 Å². The van der Waals surface area contributed by atoms with Gasteiger partial charge in [0, 0.05) is 38.1 Å². The SMILES string of the molecule is CC1=C(CN2CCC(n3c([C@H](C)CN)nc4ccccc43)CC2)C(C)(C)CCC1. The fraction of sp³-hybridized carbons (Fsp3) is 0.640. The Morgan fingerprint density at radius 1 is 1.21 bits per heavy atom. The van der Waals surface area contributed by atoms with Gasteiger partial charge >= 0.3 is 0 Å². The van der Waals surface area contributed by atoms with Gasteiger partial charge in [-0.1, -0.05) is 44.1 Å². The first-order valence-corrected chi connectivity index (χ1v) is 11.5. The first-order valence-electron chi connectivity index (χ1n) is 11.5. The van der Waals surface area contributed by atoms with Crippen LogP contribution in [0.3, 0.4) is 0 Å². The van der Waals surface area contributed by atoms with Crippen molar-refractivity contribution in [1.82, 2.24) is 14.5 Å². The lowest BCUT2D eigenvalue weighted by atomic mass is 9.72. The molecule has 1 fully saturated rings. The molecule has 29 heavy (non-hydrogen) atoms. The van der Waals surface area contributed by atoms with Gasteiger partial charge in [-0.3, -0.25) is 4.90 Å². The number of para-hydroxylation sites is 2. The highest BCUT2D eigenvalue weighted by Crippen LogP contribution is 2.41. The zero-order valence-electron chi connectivity index (χ0n) is 18.7. The lowest BCUT2D eigenvalue weighted by Crippen LogP contribution is -2.39. The molecule has 1 saturated heterocycles. The summed E-state index contributed by atoms with van der Waals surface area (Å²) in [7, 11) is 0. The molecule has 4 heteroatoms. The van der Waals surface area contributed by atoms with Gasteiger partial charge in [0.25, 0.3) is 0 Å². The van der Waals surface area contributed by atoms with Crippen LogP contribution in [0.25, 0.3) is 11.0 Å². The van der Waals surface area contributed by atoms with Crippen molar-refractivity contribution in [1.29, 1.82) is 0 Å². The van der Waals surface area contributed by atoms with Crippen LogP contribution in [0.1, 0.15) is 77.6 Å². The number of nitrogens with zero attached hydrogens (tertiary/aromatic N) is 3. The van der Waals surface area contributed by atoms with E-state index in [1.807, 2.05) is 0 Å². The van der Waals surface area contributed by atoms with E-state index in [-0.39, 0.29) is 5.92 Å². The fourth-order valence-electron chi connectivity index (χ4n) is 5.48. The molecule has 2 N–H and O–H groups in total. The number of benzene rings is 1. The molecular weight excluding hydrogens is 356 g/mol. The van der Waals surface area contributed by atoms with E-state index in [9.17, 15) is 0 Å². The third kappa shape index (κ3) is 4.02. The molecule has 2 heterocycles. The number of aromatic nitrogens is 2. The Kier molecular flexibility index (Phi) is 5.85. The molecule has 1 atom stereocenters. The summed E-state index contributed by atoms with van der Waals surface area (Å²) < 4.78 is 2.51. The van der Waals surface area contributed by atoms with E-state index in [4.69, 9.17) is 10.7 Å². The minimum atomic E-state index is 0.288. The zero-order valence-corrected chi connectivity index (χ0v) is 18.7. The summed E-state index contributed by atoms with van der Waals surface area (Å²) in [6.45, 7) is 13.6. The van der Waals surface area contributed by atoms with Gasteiger partial charge in [0.1, 0.15) is 5.82 Å². The third-order valence-electron chi connectivity index (χ3n) is 7.41. The lowest BCUT2D eigenvalue weighted by molar-refractivity contribution is 0.184. The predicted octanol–water partition coefficient (Wildman–Crippen LogP) is 5.26. The molecule has 1 aliphatic heterocycles. The van der Waals surface area contributed by atoms with Crippen molar-refractivity contribution in [2.75, 3.05) is 26.2 Å². The van der Waals surface area contributed by atoms with Crippen LogP contribution in [-0.4, -0.2) is 40.6 Å². The maximum Gasteiger partial charge on any atom is 0.114 e. The summed E-state index contributed by atoms with van der Waals surface area (Å²) in [6.07, 6.45) is 6.35. The molecule has 158 valence electrons. The van der Waals surface area contributed by atoms with Gasteiger partial charge < -0.3 is 10.3 Å². The first kappa shape index (κ1) is 20.6. The van der Waals surface area contributed by atoms with Crippen molar-refractivity contribution in [2.45, 2.75) is 71.8 Å². The molecule has 0 saturated carbocycles. The summed E-state index contributed by atoms with van der Waals surface area (Å²) in [5.74, 6) is 1.45. The summed E-state index contributed by atoms with van der Waals surface area (Å²) in [6, 6.07) is 9.10. The van der Waals surface area contributed by atoms with Crippen molar-refractivity contribution in [3.8, 4) is 0 Å². The van der Waals surface area contributed by atoms with Crippen molar-refractivity contribution < 1.29 is 0 Å². The molecule has 4 nitrogen and oxygen atoms in total. The summed E-state index contributed by atoms with van der Waals surface area (Å²) >= 11 is 0. The number of piperidine rings is 1. The van der Waals surface area contributed by atoms with E-state index in [0.717, 1.165) is 12.1 Å². The van der Waals surface area contributed by atoms with Crippen molar-refractivity contribution >= 4 is 11.0 Å². The number of hydrogen-bond donors (Lipinski definition) is 1. The van der Waals surface area contributed by atoms with E-state index in [2.05, 4.69) is 61.4 Å². The number of nitrogens with two attached hydrogens (primary N) is 1. The normalized spacial score (nSPS) is 22.4. The van der Waals surface area contributed by atoms with Crippen molar-refractivity contribution in [3.63, 3.8) is 0 Å². The standard InChI is InChI=1S/C25H38N4/c1-18-8-7-13-25(3,4)21(18)17-28-14-11-20(12-15-28)29-23-10-6-5-9-22(23)27-24(29)19(2)16-26/h5-6,9-10,19-20H,7-8,11-17,26H2,1-4H3/t19-/m1/s1. The smallest absolute Gasteiger partial charge is 0.114 e. The Labute approximate surface area is 176 Å². The Balaban J connectivity index is 1.52. The Hall–Kier alpha value is -1.65. The number of rotatable bonds is 5. The van der Waals surface area contributed by atoms with Crippen LogP contribution in [-0.2, 0) is 0 Å². The average molecular weight is 395 g/mol. The molecular formula is C25H38N4. The number of allylic oxidation sites excluding steroid dienone is 1. The van der Waals surface area contributed by atoms with Crippen LogP contribution in [0.2, 0.25) is 0 Å². The second kappa shape index (κ2) is 8.23. The van der Waals surface area contributed by atoms with E-state index in [0.29, 0.717) is 18.0 Å². The van der Waals surface area contributed by atoms with Gasteiger partial charge in [-0.05, 0) is 56.6 Å². The van der Waals surface area contributed by atoms with Crippen molar-refractivity contribution in [2.24, 2.45) is 11.1 Å². The zero-order chi connectivity index (χ0) is 20.6. The van der Waals surface area contributed by atoms with Gasteiger partial charge in [0.15, 0.2) is 0 Å². The van der Waals surface area contributed by atoms with Gasteiger partial charge in [-0.15, -0.1) is 0 Å². The number of hydrogen-bond acceptors (Lipinski definition) is 3. The highest BCUT2D eigenvalue weighted by molar-refractivity contribution is 5.76. The number of fused-ring (bicyclic) bond motifs is 1. The molecule has 2 aliphatic rings. The number of likely N-dealkylation sites (tertiary alicyclic amines) is 1. The summed E-state index contributed by atoms with van der Waals surface area (Å²) in [4.78, 5) is 7.65. The molecule has 1 aliphatic carbocycles. The minimum Gasteiger partial charge on any atom is -0.330 e. The average Bonchev–Trinajstić information content (AvgIpc) is 3.10. The Morgan fingerprint density at radius 2 is 1.93 bits per heavy atom. The van der Waals surface area contributed by atoms with Crippen LogP contribution in [0.5, 0.6) is 0 Å². The second-order valence-electron chi connectivity index (χ2n) is 9.97. The largest absolute Gasteiger partial charge is 0.330 e. The van der Waals surface area contributed by atoms with Crippen LogP contribution in [0, 0.1) is 5.41 Å². The molecule has 0 bridgehead atoms. The third-order valence-corrected chi connectivity index (χ3v) is 7.41. The fourth-order valence-corrected chi connectivity index (χ4v) is 5.48. The molecule has 2 aromatic rings. The topological polar surface area (TPSA) is 47.1 Å². The summed E-state index contributed by atoms with van der Waals surface area (Å²) in [5, 5.41) is 0. The Morgan fingerprint density at radius 3 is 2.62 bits per heavy atom. The van der Waals surface area contributed by atoms with Gasteiger partial charge in [-0.25, -0.2) is 4.98 Å². The van der Waals surface area contributed by atoms with Crippen molar-refractivity contribution in [3.05, 3.63) is 41.2 Å². The van der Waals surface area contributed by atoms with Crippen LogP contribution >= 0.6 is 0 Å². The number of imidazole rings is 1. The second-order valence-corrected chi connectivity index (χ2v) is 9.97. The monoisotopic (exact) mass is 394 g/mol. The van der Waals surface area contributed by atoms with Crippen LogP contribution in [0.4, 0.5) is 0 Å². The molecule has 0 spiro atoms. The molecule has 4 rings (SSSR count). The Bertz CT molecular complexity index is 883. The molecule has 0 unspecified atom stereocenters. The van der Waals surface area contributed by atoms with E-state index in [1.54, 1.807) is 11.1 Å². The van der Waals surface area contributed by atoms with Gasteiger partial charge in [0.2, 0.25) is 0 Å². The molecule has 0 amide bonds. The lowest BCUT2D eigenvalue weighted by Gasteiger charge is -2.40. The van der Waals surface area contributed by atoms with E-state index < -0.39 is 0 Å². The van der Waals surface area contributed by atoms with Gasteiger partial charge in [-0.2, -0.15) is 0 Å². The van der Waals surface area contributed by atoms with Crippen LogP contribution in [0.15, 0.2) is 35.4 Å². The van der Waals surface area contributed by atoms with Gasteiger partial charge in [0.05, 0.1) is 11.0 Å². The molecule has 1 aromatic heterocycles. The quantitative estimate of drug-likeness (QED) is 0.704. The summed E-state index contributed by atoms with van der Waals surface area (Å²) in [5.41, 5.74) is 12.1.